The van der Waals surface area contributed by atoms with Crippen LogP contribution in [0.25, 0.3) is 11.4 Å². The van der Waals surface area contributed by atoms with Crippen molar-refractivity contribution in [1.29, 1.82) is 0 Å². The van der Waals surface area contributed by atoms with Crippen molar-refractivity contribution < 1.29 is 4.39 Å². The molecule has 170 valence electrons. The Bertz CT molecular complexity index is 1480. The fourth-order valence-electron chi connectivity index (χ4n) is 4.48. The van der Waals surface area contributed by atoms with Crippen molar-refractivity contribution in [2.45, 2.75) is 19.8 Å². The highest BCUT2D eigenvalue weighted by Crippen LogP contribution is 2.33. The molecule has 0 bridgehead atoms. The molecule has 34 heavy (non-hydrogen) atoms. The molecule has 5 rings (SSSR count). The zero-order valence-corrected chi connectivity index (χ0v) is 18.7. The van der Waals surface area contributed by atoms with E-state index < -0.39 is 11.7 Å². The van der Waals surface area contributed by atoms with Gasteiger partial charge in [-0.3, -0.25) is 19.8 Å². The average Bonchev–Trinajstić information content (AvgIpc) is 3.32. The zero-order valence-electron chi connectivity index (χ0n) is 18.7. The number of rotatable bonds is 5. The fraction of sp³-hybridized carbons (Fsp3) is 0.111. The summed E-state index contributed by atoms with van der Waals surface area (Å²) in [4.78, 5) is 27.4. The second kappa shape index (κ2) is 8.51. The van der Waals surface area contributed by atoms with E-state index in [0.717, 1.165) is 0 Å². The van der Waals surface area contributed by atoms with E-state index in [1.165, 1.54) is 15.4 Å². The van der Waals surface area contributed by atoms with E-state index in [-0.39, 0.29) is 16.7 Å². The van der Waals surface area contributed by atoms with Crippen LogP contribution in [0.15, 0.2) is 94.5 Å². The maximum atomic E-state index is 15.2. The van der Waals surface area contributed by atoms with Crippen molar-refractivity contribution in [3.63, 3.8) is 0 Å². The zero-order chi connectivity index (χ0) is 23.8. The summed E-state index contributed by atoms with van der Waals surface area (Å²) in [6.45, 7) is 3.53. The van der Waals surface area contributed by atoms with Gasteiger partial charge in [-0.2, -0.15) is 0 Å². The van der Waals surface area contributed by atoms with Crippen LogP contribution in [0.5, 0.6) is 0 Å². The van der Waals surface area contributed by atoms with Crippen molar-refractivity contribution in [3.05, 3.63) is 140 Å². The van der Waals surface area contributed by atoms with Crippen LogP contribution < -0.4 is 11.1 Å². The predicted octanol–water partition coefficient (Wildman–Crippen LogP) is 4.58. The maximum Gasteiger partial charge on any atom is 0.275 e. The normalized spacial score (nSPS) is 11.3. The summed E-state index contributed by atoms with van der Waals surface area (Å²) in [7, 11) is 0. The smallest absolute Gasteiger partial charge is 0.275 e. The van der Waals surface area contributed by atoms with Crippen LogP contribution in [0, 0.1) is 19.7 Å². The lowest BCUT2D eigenvalue weighted by atomic mass is 9.85. The molecule has 0 aliphatic heterocycles. The highest BCUT2D eigenvalue weighted by atomic mass is 19.1. The molecular formula is C27H23FN4O2. The van der Waals surface area contributed by atoms with Gasteiger partial charge in [-0.05, 0) is 44.2 Å². The van der Waals surface area contributed by atoms with E-state index in [1.54, 1.807) is 32.0 Å². The van der Waals surface area contributed by atoms with E-state index in [1.807, 2.05) is 60.7 Å². The van der Waals surface area contributed by atoms with Gasteiger partial charge < -0.3 is 0 Å². The number of hydrogen-bond donors (Lipinski definition) is 2. The summed E-state index contributed by atoms with van der Waals surface area (Å²) in [5, 5.41) is 6.22. The molecular weight excluding hydrogens is 431 g/mol. The molecule has 0 fully saturated rings. The SMILES string of the molecule is Cc1[nH]n(-c2ccccc2)c(=O)c1C(c1ccccc1F)c1c(C)[nH]n(-c2ccccc2)c1=O. The van der Waals surface area contributed by atoms with E-state index >= 15 is 4.39 Å². The van der Waals surface area contributed by atoms with Gasteiger partial charge in [-0.15, -0.1) is 0 Å². The van der Waals surface area contributed by atoms with Gasteiger partial charge in [-0.1, -0.05) is 54.6 Å². The van der Waals surface area contributed by atoms with Crippen LogP contribution in [0.1, 0.15) is 34.0 Å². The second-order valence-corrected chi connectivity index (χ2v) is 8.21. The van der Waals surface area contributed by atoms with Crippen LogP contribution in [0.3, 0.4) is 0 Å². The Hall–Kier alpha value is -4.39. The molecule has 7 heteroatoms. The number of halogens is 1. The standard InChI is InChI=1S/C27H23FN4O2/c1-17-23(26(33)31(29-17)19-11-5-3-6-12-19)25(21-15-9-10-16-22(21)28)24-18(2)30-32(27(24)34)20-13-7-4-8-14-20/h3-16,25,29-30H,1-2H3. The Kier molecular flexibility index (Phi) is 5.37. The van der Waals surface area contributed by atoms with Gasteiger partial charge in [0.1, 0.15) is 5.82 Å². The number of hydrogen-bond acceptors (Lipinski definition) is 2. The van der Waals surface area contributed by atoms with Crippen LogP contribution in [0.4, 0.5) is 4.39 Å². The lowest BCUT2D eigenvalue weighted by molar-refractivity contribution is 0.605. The lowest BCUT2D eigenvalue weighted by Gasteiger charge is -2.16. The van der Waals surface area contributed by atoms with Crippen molar-refractivity contribution in [3.8, 4) is 11.4 Å². The molecule has 2 heterocycles. The average molecular weight is 455 g/mol. The molecule has 3 aromatic carbocycles. The number of aryl methyl sites for hydroxylation is 2. The molecule has 0 radical (unpaired) electrons. The molecule has 5 aromatic rings. The number of nitrogens with one attached hydrogen (secondary N) is 2. The largest absolute Gasteiger partial charge is 0.295 e. The minimum atomic E-state index is -0.899. The summed E-state index contributed by atoms with van der Waals surface area (Å²) < 4.78 is 18.0. The molecule has 0 aliphatic carbocycles. The Labute approximate surface area is 194 Å². The first-order chi connectivity index (χ1) is 16.5. The summed E-state index contributed by atoms with van der Waals surface area (Å²) in [5.41, 5.74) is 2.69. The molecule has 0 unspecified atom stereocenters. The predicted molar refractivity (Wildman–Crippen MR) is 130 cm³/mol. The molecule has 2 N–H and O–H groups in total. The Morgan fingerprint density at radius 2 is 1.06 bits per heavy atom. The van der Waals surface area contributed by atoms with Crippen LogP contribution in [-0.4, -0.2) is 19.6 Å². The molecule has 6 nitrogen and oxygen atoms in total. The van der Waals surface area contributed by atoms with Gasteiger partial charge in [0.15, 0.2) is 0 Å². The Balaban J connectivity index is 1.79. The third-order valence-electron chi connectivity index (χ3n) is 6.06. The Morgan fingerprint density at radius 3 is 1.50 bits per heavy atom. The first-order valence-corrected chi connectivity index (χ1v) is 11.0. The minimum Gasteiger partial charge on any atom is -0.295 e. The van der Waals surface area contributed by atoms with E-state index in [0.29, 0.717) is 33.9 Å². The topological polar surface area (TPSA) is 75.6 Å². The number of nitrogens with zero attached hydrogens (tertiary/aromatic N) is 2. The third kappa shape index (κ3) is 3.51. The molecule has 0 spiro atoms. The second-order valence-electron chi connectivity index (χ2n) is 8.21. The maximum absolute atomic E-state index is 15.2. The lowest BCUT2D eigenvalue weighted by Crippen LogP contribution is -2.26. The van der Waals surface area contributed by atoms with Gasteiger partial charge >= 0.3 is 0 Å². The molecule has 0 saturated heterocycles. The molecule has 2 aromatic heterocycles. The van der Waals surface area contributed by atoms with Crippen LogP contribution in [0.2, 0.25) is 0 Å². The monoisotopic (exact) mass is 454 g/mol. The van der Waals surface area contributed by atoms with Crippen molar-refractivity contribution >= 4 is 0 Å². The van der Waals surface area contributed by atoms with Crippen molar-refractivity contribution in [2.75, 3.05) is 0 Å². The molecule has 0 saturated carbocycles. The first kappa shape index (κ1) is 21.5. The highest BCUT2D eigenvalue weighted by molar-refractivity contribution is 5.47. The van der Waals surface area contributed by atoms with E-state index in [2.05, 4.69) is 10.2 Å². The molecule has 0 atom stereocenters. The van der Waals surface area contributed by atoms with Gasteiger partial charge in [0.05, 0.1) is 28.4 Å². The fourth-order valence-corrected chi connectivity index (χ4v) is 4.48. The summed E-state index contributed by atoms with van der Waals surface area (Å²) in [6, 6.07) is 24.6. The van der Waals surface area contributed by atoms with Crippen molar-refractivity contribution in [1.82, 2.24) is 19.6 Å². The number of benzene rings is 3. The number of aromatic amines is 2. The number of para-hydroxylation sites is 2. The van der Waals surface area contributed by atoms with E-state index in [4.69, 9.17) is 0 Å². The summed E-state index contributed by atoms with van der Waals surface area (Å²) in [5.74, 6) is -1.38. The number of H-pyrrole nitrogens is 2. The van der Waals surface area contributed by atoms with Gasteiger partial charge in [0.25, 0.3) is 11.1 Å². The van der Waals surface area contributed by atoms with Crippen molar-refractivity contribution in [2.24, 2.45) is 0 Å². The minimum absolute atomic E-state index is 0.265. The van der Waals surface area contributed by atoms with Gasteiger partial charge in [0.2, 0.25) is 0 Å². The van der Waals surface area contributed by atoms with Crippen LogP contribution >= 0.6 is 0 Å². The number of aromatic nitrogens is 4. The van der Waals surface area contributed by atoms with Crippen LogP contribution in [-0.2, 0) is 0 Å². The summed E-state index contributed by atoms with van der Waals surface area (Å²) >= 11 is 0. The molecule has 0 amide bonds. The first-order valence-electron chi connectivity index (χ1n) is 11.0. The molecule has 0 aliphatic rings. The highest BCUT2D eigenvalue weighted by Gasteiger charge is 2.32. The third-order valence-corrected chi connectivity index (χ3v) is 6.06. The van der Waals surface area contributed by atoms with Gasteiger partial charge in [-0.25, -0.2) is 13.8 Å². The quantitative estimate of drug-likeness (QED) is 0.408. The van der Waals surface area contributed by atoms with E-state index in [9.17, 15) is 9.59 Å². The van der Waals surface area contributed by atoms with Gasteiger partial charge in [0, 0.05) is 17.0 Å². The summed E-state index contributed by atoms with van der Waals surface area (Å²) in [6.07, 6.45) is 0. The Morgan fingerprint density at radius 1 is 0.647 bits per heavy atom.